The van der Waals surface area contributed by atoms with Gasteiger partial charge in [0.25, 0.3) is 0 Å². The van der Waals surface area contributed by atoms with E-state index < -0.39 is 5.97 Å². The molecule has 1 aromatic rings. The van der Waals surface area contributed by atoms with Gasteiger partial charge in [-0.05, 0) is 12.0 Å². The molecule has 76 valence electrons. The lowest BCUT2D eigenvalue weighted by Gasteiger charge is -2.04. The average molecular weight is 216 g/mol. The molecular weight excluding hydrogens is 206 g/mol. The van der Waals surface area contributed by atoms with E-state index in [-0.39, 0.29) is 6.42 Å². The Kier molecular flexibility index (Phi) is 3.71. The molecule has 0 spiro atoms. The molecule has 0 aromatic carbocycles. The highest BCUT2D eigenvalue weighted by atomic mass is 35.5. The second-order valence-corrected chi connectivity index (χ2v) is 3.12. The topological polar surface area (TPSA) is 59.4 Å². The van der Waals surface area contributed by atoms with Crippen LogP contribution >= 0.6 is 11.6 Å². The quantitative estimate of drug-likeness (QED) is 0.832. The van der Waals surface area contributed by atoms with Crippen LogP contribution in [0.5, 0.6) is 5.88 Å². The zero-order chi connectivity index (χ0) is 10.6. The lowest BCUT2D eigenvalue weighted by Crippen LogP contribution is -1.99. The number of aliphatic carboxylic acids is 1. The fraction of sp³-hybridized carbons (Fsp3) is 0.333. The van der Waals surface area contributed by atoms with Gasteiger partial charge in [0.05, 0.1) is 12.1 Å². The first kappa shape index (κ1) is 10.8. The van der Waals surface area contributed by atoms with Crippen molar-refractivity contribution >= 4 is 17.6 Å². The first-order valence-electron chi connectivity index (χ1n) is 4.03. The highest BCUT2D eigenvalue weighted by Crippen LogP contribution is 2.20. The van der Waals surface area contributed by atoms with Gasteiger partial charge in [-0.3, -0.25) is 4.79 Å². The Morgan fingerprint density at radius 2 is 2.43 bits per heavy atom. The van der Waals surface area contributed by atoms with Crippen molar-refractivity contribution < 1.29 is 14.6 Å². The number of carboxylic acids is 1. The summed E-state index contributed by atoms with van der Waals surface area (Å²) in [5.74, 6) is -0.411. The molecule has 0 saturated heterocycles. The predicted molar refractivity (Wildman–Crippen MR) is 51.8 cm³/mol. The van der Waals surface area contributed by atoms with Crippen molar-refractivity contribution in [2.75, 3.05) is 7.11 Å². The minimum atomic E-state index is -0.850. The third kappa shape index (κ3) is 2.88. The molecule has 0 aliphatic heterocycles. The molecule has 5 heteroatoms. The summed E-state index contributed by atoms with van der Waals surface area (Å²) < 4.78 is 4.90. The Labute approximate surface area is 86.5 Å². The largest absolute Gasteiger partial charge is 0.481 e. The van der Waals surface area contributed by atoms with Gasteiger partial charge in [-0.15, -0.1) is 0 Å². The van der Waals surface area contributed by atoms with Gasteiger partial charge in [0, 0.05) is 18.7 Å². The number of methoxy groups -OCH3 is 1. The van der Waals surface area contributed by atoms with Crippen molar-refractivity contribution in [3.63, 3.8) is 0 Å². The molecule has 0 aliphatic rings. The summed E-state index contributed by atoms with van der Waals surface area (Å²) in [5.41, 5.74) is 0.737. The summed E-state index contributed by atoms with van der Waals surface area (Å²) in [7, 11) is 1.50. The Morgan fingerprint density at radius 1 is 1.71 bits per heavy atom. The van der Waals surface area contributed by atoms with Crippen molar-refractivity contribution in [3.05, 3.63) is 22.8 Å². The third-order valence-corrected chi connectivity index (χ3v) is 2.07. The molecule has 14 heavy (non-hydrogen) atoms. The Balaban J connectivity index is 2.78. The predicted octanol–water partition coefficient (Wildman–Crippen LogP) is 1.76. The highest BCUT2D eigenvalue weighted by molar-refractivity contribution is 6.31. The maximum absolute atomic E-state index is 10.3. The number of ether oxygens (including phenoxy) is 1. The summed E-state index contributed by atoms with van der Waals surface area (Å²) in [6.45, 7) is 0. The number of halogens is 1. The summed E-state index contributed by atoms with van der Waals surface area (Å²) in [4.78, 5) is 14.2. The molecule has 0 saturated carbocycles. The minimum absolute atomic E-state index is 0.0485. The van der Waals surface area contributed by atoms with Crippen LogP contribution in [-0.2, 0) is 11.2 Å². The first-order chi connectivity index (χ1) is 6.63. The van der Waals surface area contributed by atoms with Crippen LogP contribution in [0.25, 0.3) is 0 Å². The normalized spacial score (nSPS) is 9.86. The molecule has 0 fully saturated rings. The van der Waals surface area contributed by atoms with Crippen molar-refractivity contribution in [3.8, 4) is 5.88 Å². The first-order valence-corrected chi connectivity index (χ1v) is 4.41. The molecule has 0 bridgehead atoms. The van der Waals surface area contributed by atoms with Crippen molar-refractivity contribution in [2.45, 2.75) is 12.8 Å². The lowest BCUT2D eigenvalue weighted by atomic mass is 10.1. The fourth-order valence-electron chi connectivity index (χ4n) is 1.00. The third-order valence-electron chi connectivity index (χ3n) is 1.73. The zero-order valence-electron chi connectivity index (χ0n) is 7.66. The van der Waals surface area contributed by atoms with Crippen LogP contribution in [0.15, 0.2) is 12.3 Å². The number of nitrogens with zero attached hydrogens (tertiary/aromatic N) is 1. The average Bonchev–Trinajstić information content (AvgIpc) is 2.16. The van der Waals surface area contributed by atoms with E-state index in [1.807, 2.05) is 0 Å². The molecule has 0 amide bonds. The number of hydrogen-bond donors (Lipinski definition) is 1. The van der Waals surface area contributed by atoms with Gasteiger partial charge in [-0.25, -0.2) is 4.98 Å². The van der Waals surface area contributed by atoms with E-state index in [2.05, 4.69) is 4.98 Å². The Hall–Kier alpha value is -1.29. The van der Waals surface area contributed by atoms with Gasteiger partial charge < -0.3 is 9.84 Å². The van der Waals surface area contributed by atoms with Crippen LogP contribution in [0.3, 0.4) is 0 Å². The standard InChI is InChI=1S/C9H10ClNO3/c1-14-8-4-6(2-3-9(12)13)7(10)5-11-8/h4-5H,2-3H2,1H3,(H,12,13). The van der Waals surface area contributed by atoms with Gasteiger partial charge in [0.1, 0.15) is 0 Å². The SMILES string of the molecule is COc1cc(CCC(=O)O)c(Cl)cn1. The van der Waals surface area contributed by atoms with Crippen LogP contribution in [0.1, 0.15) is 12.0 Å². The van der Waals surface area contributed by atoms with Crippen LogP contribution in [0.4, 0.5) is 0 Å². The number of pyridine rings is 1. The van der Waals surface area contributed by atoms with Crippen molar-refractivity contribution in [2.24, 2.45) is 0 Å². The second-order valence-electron chi connectivity index (χ2n) is 2.71. The maximum Gasteiger partial charge on any atom is 0.303 e. The van der Waals surface area contributed by atoms with E-state index in [4.69, 9.17) is 21.4 Å². The van der Waals surface area contributed by atoms with Gasteiger partial charge >= 0.3 is 5.97 Å². The molecule has 4 nitrogen and oxygen atoms in total. The second kappa shape index (κ2) is 4.81. The summed E-state index contributed by atoms with van der Waals surface area (Å²) in [6.07, 6.45) is 1.89. The zero-order valence-corrected chi connectivity index (χ0v) is 8.41. The molecule has 0 atom stereocenters. The molecule has 1 aromatic heterocycles. The monoisotopic (exact) mass is 215 g/mol. The van der Waals surface area contributed by atoms with E-state index in [1.165, 1.54) is 13.3 Å². The maximum atomic E-state index is 10.3. The number of carboxylic acid groups (broad SMARTS) is 1. The van der Waals surface area contributed by atoms with Crippen LogP contribution in [-0.4, -0.2) is 23.2 Å². The number of aryl methyl sites for hydroxylation is 1. The van der Waals surface area contributed by atoms with E-state index >= 15 is 0 Å². The van der Waals surface area contributed by atoms with Gasteiger partial charge in [0.2, 0.25) is 5.88 Å². The summed E-state index contributed by atoms with van der Waals surface area (Å²) in [5, 5.41) is 8.97. The van der Waals surface area contributed by atoms with Crippen molar-refractivity contribution in [1.82, 2.24) is 4.98 Å². The Morgan fingerprint density at radius 3 is 3.00 bits per heavy atom. The van der Waals surface area contributed by atoms with E-state index in [9.17, 15) is 4.79 Å². The van der Waals surface area contributed by atoms with E-state index in [0.29, 0.717) is 17.3 Å². The van der Waals surface area contributed by atoms with Gasteiger partial charge in [0.15, 0.2) is 0 Å². The van der Waals surface area contributed by atoms with Gasteiger partial charge in [-0.2, -0.15) is 0 Å². The number of hydrogen-bond acceptors (Lipinski definition) is 3. The summed E-state index contributed by atoms with van der Waals surface area (Å²) in [6, 6.07) is 1.64. The number of carbonyl (C=O) groups is 1. The molecule has 0 unspecified atom stereocenters. The van der Waals surface area contributed by atoms with E-state index in [0.717, 1.165) is 5.56 Å². The number of rotatable bonds is 4. The van der Waals surface area contributed by atoms with Crippen LogP contribution < -0.4 is 4.74 Å². The van der Waals surface area contributed by atoms with Crippen molar-refractivity contribution in [1.29, 1.82) is 0 Å². The molecule has 1 heterocycles. The molecule has 1 N–H and O–H groups in total. The molecule has 0 aliphatic carbocycles. The Bertz CT molecular complexity index is 341. The minimum Gasteiger partial charge on any atom is -0.481 e. The molecular formula is C9H10ClNO3. The molecule has 0 radical (unpaired) electrons. The van der Waals surface area contributed by atoms with Gasteiger partial charge in [-0.1, -0.05) is 11.6 Å². The fourth-order valence-corrected chi connectivity index (χ4v) is 1.20. The van der Waals surface area contributed by atoms with Crippen LogP contribution in [0, 0.1) is 0 Å². The summed E-state index contributed by atoms with van der Waals surface area (Å²) >= 11 is 5.83. The van der Waals surface area contributed by atoms with E-state index in [1.54, 1.807) is 6.07 Å². The highest BCUT2D eigenvalue weighted by Gasteiger charge is 2.05. The molecule has 1 rings (SSSR count). The number of aromatic nitrogens is 1. The lowest BCUT2D eigenvalue weighted by molar-refractivity contribution is -0.136. The smallest absolute Gasteiger partial charge is 0.303 e. The van der Waals surface area contributed by atoms with Crippen LogP contribution in [0.2, 0.25) is 5.02 Å².